The smallest absolute Gasteiger partial charge is 0.335 e. The Kier molecular flexibility index (Phi) is 5.76. The third kappa shape index (κ3) is 4.55. The highest BCUT2D eigenvalue weighted by Gasteiger charge is 2.22. The second kappa shape index (κ2) is 7.57. The van der Waals surface area contributed by atoms with E-state index >= 15 is 0 Å². The monoisotopic (exact) mass is 290 g/mol. The molecule has 1 heterocycles. The van der Waals surface area contributed by atoms with Gasteiger partial charge in [0.25, 0.3) is 0 Å². The van der Waals surface area contributed by atoms with E-state index in [2.05, 4.69) is 23.8 Å². The molecule has 0 saturated carbocycles. The number of nitrogens with zero attached hydrogens (tertiary/aromatic N) is 2. The Morgan fingerprint density at radius 3 is 2.71 bits per heavy atom. The van der Waals surface area contributed by atoms with Crippen LogP contribution in [0, 0.1) is 0 Å². The Balaban J connectivity index is 1.88. The molecule has 0 atom stereocenters. The maximum atomic E-state index is 11.0. The SMILES string of the molecule is CCCN1CCC(N(C)Cc2cccc(C(=O)O)c2)CC1. The molecule has 0 amide bonds. The van der Waals surface area contributed by atoms with Crippen LogP contribution in [0.4, 0.5) is 0 Å². The van der Waals surface area contributed by atoms with Crippen LogP contribution in [0.1, 0.15) is 42.1 Å². The topological polar surface area (TPSA) is 43.8 Å². The average Bonchev–Trinajstić information content (AvgIpc) is 2.48. The van der Waals surface area contributed by atoms with Gasteiger partial charge in [-0.1, -0.05) is 19.1 Å². The van der Waals surface area contributed by atoms with Gasteiger partial charge in [-0.15, -0.1) is 0 Å². The van der Waals surface area contributed by atoms with Gasteiger partial charge >= 0.3 is 5.97 Å². The van der Waals surface area contributed by atoms with Crippen molar-refractivity contribution in [3.05, 3.63) is 35.4 Å². The summed E-state index contributed by atoms with van der Waals surface area (Å²) >= 11 is 0. The molecule has 116 valence electrons. The summed E-state index contributed by atoms with van der Waals surface area (Å²) in [7, 11) is 2.15. The van der Waals surface area contributed by atoms with Crippen molar-refractivity contribution < 1.29 is 9.90 Å². The van der Waals surface area contributed by atoms with Crippen molar-refractivity contribution in [3.63, 3.8) is 0 Å². The van der Waals surface area contributed by atoms with Crippen molar-refractivity contribution in [1.82, 2.24) is 9.80 Å². The second-order valence-electron chi connectivity index (χ2n) is 5.99. The average molecular weight is 290 g/mol. The highest BCUT2D eigenvalue weighted by Crippen LogP contribution is 2.18. The van der Waals surface area contributed by atoms with Crippen molar-refractivity contribution in [2.45, 2.75) is 38.8 Å². The summed E-state index contributed by atoms with van der Waals surface area (Å²) in [5.74, 6) is -0.854. The first-order chi connectivity index (χ1) is 10.1. The minimum Gasteiger partial charge on any atom is -0.478 e. The third-order valence-electron chi connectivity index (χ3n) is 4.33. The van der Waals surface area contributed by atoms with Crippen molar-refractivity contribution in [2.24, 2.45) is 0 Å². The number of rotatable bonds is 6. The molecule has 1 saturated heterocycles. The Morgan fingerprint density at radius 2 is 2.10 bits per heavy atom. The molecule has 0 aromatic heterocycles. The summed E-state index contributed by atoms with van der Waals surface area (Å²) in [6.07, 6.45) is 3.63. The molecule has 2 rings (SSSR count). The second-order valence-corrected chi connectivity index (χ2v) is 5.99. The number of piperidine rings is 1. The minimum atomic E-state index is -0.854. The predicted molar refractivity (Wildman–Crippen MR) is 84.6 cm³/mol. The van der Waals surface area contributed by atoms with E-state index in [9.17, 15) is 4.79 Å². The van der Waals surface area contributed by atoms with Crippen LogP contribution < -0.4 is 0 Å². The molecule has 1 aliphatic rings. The zero-order valence-corrected chi connectivity index (χ0v) is 13.1. The molecule has 1 aromatic rings. The van der Waals surface area contributed by atoms with Crippen molar-refractivity contribution in [1.29, 1.82) is 0 Å². The lowest BCUT2D eigenvalue weighted by Crippen LogP contribution is -2.43. The molecule has 4 nitrogen and oxygen atoms in total. The lowest BCUT2D eigenvalue weighted by atomic mass is 10.0. The van der Waals surface area contributed by atoms with Gasteiger partial charge in [-0.25, -0.2) is 4.79 Å². The molecule has 0 radical (unpaired) electrons. The molecule has 1 fully saturated rings. The van der Waals surface area contributed by atoms with Crippen molar-refractivity contribution in [3.8, 4) is 0 Å². The van der Waals surface area contributed by atoms with E-state index < -0.39 is 5.97 Å². The number of aromatic carboxylic acids is 1. The molecule has 1 aromatic carbocycles. The van der Waals surface area contributed by atoms with E-state index in [4.69, 9.17) is 5.11 Å². The van der Waals surface area contributed by atoms with Crippen LogP contribution in [0.25, 0.3) is 0 Å². The van der Waals surface area contributed by atoms with E-state index in [0.717, 1.165) is 12.1 Å². The zero-order chi connectivity index (χ0) is 15.2. The third-order valence-corrected chi connectivity index (χ3v) is 4.33. The largest absolute Gasteiger partial charge is 0.478 e. The van der Waals surface area contributed by atoms with Gasteiger partial charge < -0.3 is 10.0 Å². The number of carboxylic acid groups (broad SMARTS) is 1. The molecular formula is C17H26N2O2. The molecule has 0 bridgehead atoms. The quantitative estimate of drug-likeness (QED) is 0.875. The van der Waals surface area contributed by atoms with Crippen LogP contribution in [0.2, 0.25) is 0 Å². The molecule has 0 spiro atoms. The molecule has 0 aliphatic carbocycles. The summed E-state index contributed by atoms with van der Waals surface area (Å²) in [6.45, 7) is 6.61. The number of hydrogen-bond acceptors (Lipinski definition) is 3. The molecule has 0 unspecified atom stereocenters. The van der Waals surface area contributed by atoms with Crippen LogP contribution in [-0.4, -0.2) is 53.6 Å². The van der Waals surface area contributed by atoms with Crippen LogP contribution in [-0.2, 0) is 6.54 Å². The fourth-order valence-electron chi connectivity index (χ4n) is 3.12. The summed E-state index contributed by atoms with van der Waals surface area (Å²) in [4.78, 5) is 15.9. The first-order valence-corrected chi connectivity index (χ1v) is 7.85. The lowest BCUT2D eigenvalue weighted by Gasteiger charge is -2.36. The van der Waals surface area contributed by atoms with E-state index in [1.54, 1.807) is 12.1 Å². The Labute approximate surface area is 127 Å². The van der Waals surface area contributed by atoms with Gasteiger partial charge in [0.05, 0.1) is 5.56 Å². The van der Waals surface area contributed by atoms with E-state index in [1.165, 1.54) is 38.9 Å². The summed E-state index contributed by atoms with van der Waals surface area (Å²) in [5, 5.41) is 9.05. The van der Waals surface area contributed by atoms with E-state index in [-0.39, 0.29) is 0 Å². The predicted octanol–water partition coefficient (Wildman–Crippen LogP) is 2.69. The normalized spacial score (nSPS) is 17.3. The standard InChI is InChI=1S/C17H26N2O2/c1-3-9-19-10-7-16(8-11-19)18(2)13-14-5-4-6-15(12-14)17(20)21/h4-6,12,16H,3,7-11,13H2,1-2H3,(H,20,21). The van der Waals surface area contributed by atoms with Gasteiger partial charge in [0.1, 0.15) is 0 Å². The van der Waals surface area contributed by atoms with E-state index in [1.807, 2.05) is 12.1 Å². The summed E-state index contributed by atoms with van der Waals surface area (Å²) < 4.78 is 0. The molecule has 21 heavy (non-hydrogen) atoms. The number of carbonyl (C=O) groups is 1. The van der Waals surface area contributed by atoms with Gasteiger partial charge in [-0.05, 0) is 63.6 Å². The van der Waals surface area contributed by atoms with Gasteiger partial charge in [0.2, 0.25) is 0 Å². The van der Waals surface area contributed by atoms with Crippen molar-refractivity contribution >= 4 is 5.97 Å². The number of likely N-dealkylation sites (tertiary alicyclic amines) is 1. The fourth-order valence-corrected chi connectivity index (χ4v) is 3.12. The number of carboxylic acids is 1. The Morgan fingerprint density at radius 1 is 1.38 bits per heavy atom. The van der Waals surface area contributed by atoms with Gasteiger partial charge in [-0.2, -0.15) is 0 Å². The first kappa shape index (κ1) is 16.0. The van der Waals surface area contributed by atoms with Gasteiger partial charge in [-0.3, -0.25) is 4.90 Å². The molecule has 4 heteroatoms. The highest BCUT2D eigenvalue weighted by molar-refractivity contribution is 5.87. The highest BCUT2D eigenvalue weighted by atomic mass is 16.4. The van der Waals surface area contributed by atoms with Gasteiger partial charge in [0.15, 0.2) is 0 Å². The Bertz CT molecular complexity index is 468. The van der Waals surface area contributed by atoms with E-state index in [0.29, 0.717) is 11.6 Å². The van der Waals surface area contributed by atoms with Crippen LogP contribution in [0.5, 0.6) is 0 Å². The lowest BCUT2D eigenvalue weighted by molar-refractivity contribution is 0.0696. The number of benzene rings is 1. The van der Waals surface area contributed by atoms with Crippen molar-refractivity contribution in [2.75, 3.05) is 26.7 Å². The molecule has 1 N–H and O–H groups in total. The Hall–Kier alpha value is -1.39. The van der Waals surface area contributed by atoms with Crippen LogP contribution in [0.15, 0.2) is 24.3 Å². The molecular weight excluding hydrogens is 264 g/mol. The number of hydrogen-bond donors (Lipinski definition) is 1. The van der Waals surface area contributed by atoms with Gasteiger partial charge in [0, 0.05) is 12.6 Å². The minimum absolute atomic E-state index is 0.374. The zero-order valence-electron chi connectivity index (χ0n) is 13.1. The summed E-state index contributed by atoms with van der Waals surface area (Å²) in [6, 6.07) is 7.87. The fraction of sp³-hybridized carbons (Fsp3) is 0.588. The maximum absolute atomic E-state index is 11.0. The summed E-state index contributed by atoms with van der Waals surface area (Å²) in [5.41, 5.74) is 1.45. The van der Waals surface area contributed by atoms with Crippen LogP contribution >= 0.6 is 0 Å². The molecule has 1 aliphatic heterocycles. The van der Waals surface area contributed by atoms with Crippen LogP contribution in [0.3, 0.4) is 0 Å². The first-order valence-electron chi connectivity index (χ1n) is 7.85. The maximum Gasteiger partial charge on any atom is 0.335 e.